The number of nitrogens with one attached hydrogen (secondary N) is 1. The molecule has 6 heteroatoms. The molecule has 3 nitrogen and oxygen atoms in total. The predicted molar refractivity (Wildman–Crippen MR) is 81.9 cm³/mol. The maximum Gasteiger partial charge on any atom is 0.265 e. The van der Waals surface area contributed by atoms with Crippen molar-refractivity contribution in [2.24, 2.45) is 5.73 Å². The molecule has 22 heavy (non-hydrogen) atoms. The van der Waals surface area contributed by atoms with Gasteiger partial charge in [-0.25, -0.2) is 8.78 Å². The maximum atomic E-state index is 14.1. The molecule has 3 N–H and O–H groups in total. The van der Waals surface area contributed by atoms with E-state index in [9.17, 15) is 13.6 Å². The van der Waals surface area contributed by atoms with Gasteiger partial charge in [-0.15, -0.1) is 0 Å². The molecule has 1 aromatic heterocycles. The number of fused-ring (bicyclic) bond motifs is 1. The molecule has 0 atom stereocenters. The maximum absolute atomic E-state index is 14.1. The molecule has 0 bridgehead atoms. The number of aromatic nitrogens is 1. The molecule has 3 aromatic rings. The molecule has 1 amide bonds. The fraction of sp³-hybridized carbons (Fsp3) is 0.0625. The quantitative estimate of drug-likeness (QED) is 0.731. The smallest absolute Gasteiger partial charge is 0.265 e. The molecule has 1 heterocycles. The molecule has 0 fully saturated rings. The summed E-state index contributed by atoms with van der Waals surface area (Å²) in [6, 6.07) is 6.62. The van der Waals surface area contributed by atoms with Crippen molar-refractivity contribution in [3.8, 4) is 11.1 Å². The lowest BCUT2D eigenvalue weighted by atomic mass is 10.0. The lowest BCUT2D eigenvalue weighted by Gasteiger charge is -2.06. The minimum absolute atomic E-state index is 0.177. The van der Waals surface area contributed by atoms with Gasteiger partial charge in [-0.1, -0.05) is 11.6 Å². The molecule has 0 saturated carbocycles. The third kappa shape index (κ3) is 2.23. The highest BCUT2D eigenvalue weighted by Crippen LogP contribution is 2.34. The Labute approximate surface area is 129 Å². The van der Waals surface area contributed by atoms with Gasteiger partial charge in [0.25, 0.3) is 5.91 Å². The largest absolute Gasteiger partial charge is 0.364 e. The van der Waals surface area contributed by atoms with Gasteiger partial charge in [-0.05, 0) is 42.8 Å². The van der Waals surface area contributed by atoms with E-state index in [0.717, 1.165) is 6.07 Å². The van der Waals surface area contributed by atoms with Gasteiger partial charge in [-0.2, -0.15) is 0 Å². The van der Waals surface area contributed by atoms with Gasteiger partial charge in [0.2, 0.25) is 0 Å². The molecule has 0 aliphatic rings. The van der Waals surface area contributed by atoms with E-state index in [1.165, 1.54) is 24.3 Å². The molecular formula is C16H11ClF2N2O. The third-order valence-corrected chi connectivity index (χ3v) is 3.83. The van der Waals surface area contributed by atoms with Crippen LogP contribution >= 0.6 is 11.6 Å². The summed E-state index contributed by atoms with van der Waals surface area (Å²) in [5.74, 6) is -1.76. The Morgan fingerprint density at radius 3 is 2.55 bits per heavy atom. The van der Waals surface area contributed by atoms with E-state index in [2.05, 4.69) is 4.98 Å². The van der Waals surface area contributed by atoms with Gasteiger partial charge in [0.15, 0.2) is 0 Å². The van der Waals surface area contributed by atoms with Crippen molar-refractivity contribution in [3.63, 3.8) is 0 Å². The number of rotatable bonds is 2. The zero-order valence-corrected chi connectivity index (χ0v) is 12.3. The van der Waals surface area contributed by atoms with Crippen LogP contribution in [0.5, 0.6) is 0 Å². The number of hydrogen-bond acceptors (Lipinski definition) is 1. The van der Waals surface area contributed by atoms with Crippen LogP contribution in [0.2, 0.25) is 5.02 Å². The third-order valence-electron chi connectivity index (χ3n) is 3.60. The fourth-order valence-corrected chi connectivity index (χ4v) is 2.72. The van der Waals surface area contributed by atoms with Crippen molar-refractivity contribution in [2.75, 3.05) is 0 Å². The summed E-state index contributed by atoms with van der Waals surface area (Å²) in [5.41, 5.74) is 6.95. The van der Waals surface area contributed by atoms with Crippen molar-refractivity contribution in [3.05, 3.63) is 58.2 Å². The van der Waals surface area contributed by atoms with Crippen molar-refractivity contribution in [1.82, 2.24) is 4.98 Å². The summed E-state index contributed by atoms with van der Waals surface area (Å²) in [5, 5.41) is 0.729. The summed E-state index contributed by atoms with van der Waals surface area (Å²) >= 11 is 5.74. The number of carbonyl (C=O) groups excluding carboxylic acids is 1. The summed E-state index contributed by atoms with van der Waals surface area (Å²) in [6.07, 6.45) is 0. The van der Waals surface area contributed by atoms with Crippen LogP contribution in [0.1, 0.15) is 16.1 Å². The van der Waals surface area contributed by atoms with Crippen LogP contribution < -0.4 is 5.73 Å². The van der Waals surface area contributed by atoms with Crippen molar-refractivity contribution in [1.29, 1.82) is 0 Å². The van der Waals surface area contributed by atoms with Crippen LogP contribution in [0.25, 0.3) is 22.0 Å². The average Bonchev–Trinajstić information content (AvgIpc) is 2.76. The molecule has 112 valence electrons. The molecule has 2 aromatic carbocycles. The van der Waals surface area contributed by atoms with Crippen LogP contribution in [0, 0.1) is 18.6 Å². The second kappa shape index (κ2) is 5.10. The van der Waals surface area contributed by atoms with E-state index >= 15 is 0 Å². The first kappa shape index (κ1) is 14.5. The zero-order valence-electron chi connectivity index (χ0n) is 11.5. The normalized spacial score (nSPS) is 11.1. The highest BCUT2D eigenvalue weighted by molar-refractivity contribution is 6.30. The second-order valence-corrected chi connectivity index (χ2v) is 5.43. The summed E-state index contributed by atoms with van der Waals surface area (Å²) in [7, 11) is 0. The monoisotopic (exact) mass is 320 g/mol. The van der Waals surface area contributed by atoms with Crippen molar-refractivity contribution >= 4 is 28.4 Å². The first-order valence-corrected chi connectivity index (χ1v) is 6.83. The molecule has 3 rings (SSSR count). The van der Waals surface area contributed by atoms with E-state index < -0.39 is 17.5 Å². The fourth-order valence-electron chi connectivity index (χ4n) is 2.56. The molecule has 0 aliphatic heterocycles. The van der Waals surface area contributed by atoms with Gasteiger partial charge in [0, 0.05) is 21.5 Å². The zero-order chi connectivity index (χ0) is 16.0. The van der Waals surface area contributed by atoms with Gasteiger partial charge in [0.1, 0.15) is 17.3 Å². The van der Waals surface area contributed by atoms with Crippen LogP contribution in [-0.2, 0) is 0 Å². The Kier molecular flexibility index (Phi) is 3.37. The molecule has 0 saturated heterocycles. The van der Waals surface area contributed by atoms with E-state index in [4.69, 9.17) is 17.3 Å². The molecule has 0 unspecified atom stereocenters. The Balaban J connectivity index is 2.38. The van der Waals surface area contributed by atoms with Crippen LogP contribution in [0.4, 0.5) is 8.78 Å². The van der Waals surface area contributed by atoms with Crippen LogP contribution in [0.15, 0.2) is 30.3 Å². The molecule has 0 spiro atoms. The number of H-pyrrole nitrogens is 1. The van der Waals surface area contributed by atoms with Crippen molar-refractivity contribution in [2.45, 2.75) is 6.92 Å². The summed E-state index contributed by atoms with van der Waals surface area (Å²) in [4.78, 5) is 14.3. The average molecular weight is 321 g/mol. The van der Waals surface area contributed by atoms with Crippen LogP contribution in [0.3, 0.4) is 0 Å². The minimum Gasteiger partial charge on any atom is -0.364 e. The number of hydrogen-bond donors (Lipinski definition) is 2. The van der Waals surface area contributed by atoms with E-state index in [0.29, 0.717) is 22.0 Å². The minimum atomic E-state index is -0.656. The summed E-state index contributed by atoms with van der Waals surface area (Å²) in [6.45, 7) is 1.65. The number of aromatic amines is 1. The standard InChI is InChI=1S/C16H11ClF2N2O/c1-7-11-5-9(18)6-12(15(11)21-14(7)16(20)22)10-3-2-8(17)4-13(10)19/h2-6,21H,1H3,(H2,20,22). The number of carbonyl (C=O) groups is 1. The van der Waals surface area contributed by atoms with E-state index in [1.807, 2.05) is 0 Å². The van der Waals surface area contributed by atoms with Gasteiger partial charge in [0.05, 0.1) is 5.52 Å². The lowest BCUT2D eigenvalue weighted by molar-refractivity contribution is 0.0996. The number of aryl methyl sites for hydroxylation is 1. The second-order valence-electron chi connectivity index (χ2n) is 4.99. The Morgan fingerprint density at radius 1 is 1.18 bits per heavy atom. The van der Waals surface area contributed by atoms with E-state index in [-0.39, 0.29) is 16.3 Å². The summed E-state index contributed by atoms with van der Waals surface area (Å²) < 4.78 is 28.1. The first-order valence-electron chi connectivity index (χ1n) is 6.45. The molecule has 0 aliphatic carbocycles. The highest BCUT2D eigenvalue weighted by atomic mass is 35.5. The molecular weight excluding hydrogens is 310 g/mol. The first-order chi connectivity index (χ1) is 10.4. The van der Waals surface area contributed by atoms with Gasteiger partial charge >= 0.3 is 0 Å². The Hall–Kier alpha value is -2.40. The number of primary amides is 1. The van der Waals surface area contributed by atoms with Crippen LogP contribution in [-0.4, -0.2) is 10.9 Å². The number of nitrogens with two attached hydrogens (primary N) is 1. The van der Waals surface area contributed by atoms with E-state index in [1.54, 1.807) is 6.92 Å². The highest BCUT2D eigenvalue weighted by Gasteiger charge is 2.18. The molecule has 0 radical (unpaired) electrons. The Morgan fingerprint density at radius 2 is 1.91 bits per heavy atom. The number of amides is 1. The number of benzene rings is 2. The van der Waals surface area contributed by atoms with Gasteiger partial charge < -0.3 is 10.7 Å². The van der Waals surface area contributed by atoms with Crippen molar-refractivity contribution < 1.29 is 13.6 Å². The number of halogens is 3. The SMILES string of the molecule is Cc1c(C(N)=O)[nH]c2c(-c3ccc(Cl)cc3F)cc(F)cc12. The topological polar surface area (TPSA) is 58.9 Å². The Bertz CT molecular complexity index is 918. The lowest BCUT2D eigenvalue weighted by Crippen LogP contribution is -2.12. The predicted octanol–water partition coefficient (Wildman–Crippen LogP) is 4.17. The van der Waals surface area contributed by atoms with Gasteiger partial charge in [-0.3, -0.25) is 4.79 Å².